The topological polar surface area (TPSA) is 27.1 Å². The second kappa shape index (κ2) is 6.04. The lowest BCUT2D eigenvalue weighted by Crippen LogP contribution is -2.11. The third-order valence-corrected chi connectivity index (χ3v) is 3.23. The summed E-state index contributed by atoms with van der Waals surface area (Å²) in [6, 6.07) is 0. The summed E-state index contributed by atoms with van der Waals surface area (Å²) in [7, 11) is 0. The molecule has 0 N–H and O–H groups in total. The van der Waals surface area contributed by atoms with Gasteiger partial charge in [-0.05, 0) is 32.1 Å². The van der Waals surface area contributed by atoms with Gasteiger partial charge in [-0.3, -0.25) is 0 Å². The molecule has 0 aromatic carbocycles. The van der Waals surface area contributed by atoms with Crippen LogP contribution in [0.3, 0.4) is 0 Å². The first-order valence-corrected chi connectivity index (χ1v) is 6.52. The van der Waals surface area contributed by atoms with Crippen molar-refractivity contribution in [3.8, 4) is 0 Å². The number of aromatic nitrogens is 2. The van der Waals surface area contributed by atoms with Gasteiger partial charge in [0.05, 0.1) is 18.6 Å². The molecule has 3 heteroatoms. The predicted octanol–water partition coefficient (Wildman–Crippen LogP) is 2.58. The first-order chi connectivity index (χ1) is 7.92. The van der Waals surface area contributed by atoms with Crippen LogP contribution >= 0.6 is 0 Å². The molecule has 0 fully saturated rings. The van der Waals surface area contributed by atoms with Crippen LogP contribution < -0.4 is 0 Å². The minimum absolute atomic E-state index is 0.822. The van der Waals surface area contributed by atoms with Crippen molar-refractivity contribution in [2.75, 3.05) is 13.2 Å². The molecule has 1 aliphatic carbocycles. The first kappa shape index (κ1) is 11.6. The van der Waals surface area contributed by atoms with Gasteiger partial charge in [0.15, 0.2) is 0 Å². The zero-order valence-electron chi connectivity index (χ0n) is 10.2. The summed E-state index contributed by atoms with van der Waals surface area (Å²) in [5.74, 6) is 0. The molecule has 0 radical (unpaired) electrons. The van der Waals surface area contributed by atoms with Gasteiger partial charge >= 0.3 is 0 Å². The molecule has 90 valence electrons. The predicted molar refractivity (Wildman–Crippen MR) is 64.6 cm³/mol. The second-order valence-corrected chi connectivity index (χ2v) is 4.50. The lowest BCUT2D eigenvalue weighted by Gasteiger charge is -2.13. The summed E-state index contributed by atoms with van der Waals surface area (Å²) in [4.78, 5) is 4.48. The van der Waals surface area contributed by atoms with Crippen LogP contribution in [0.1, 0.15) is 44.0 Å². The number of aryl methyl sites for hydroxylation is 1. The molecule has 0 spiro atoms. The summed E-state index contributed by atoms with van der Waals surface area (Å²) >= 11 is 0. The van der Waals surface area contributed by atoms with Crippen LogP contribution in [-0.4, -0.2) is 22.8 Å². The zero-order valence-corrected chi connectivity index (χ0v) is 10.2. The molecular formula is C13H22N2O. The van der Waals surface area contributed by atoms with Crippen molar-refractivity contribution in [1.82, 2.24) is 9.55 Å². The van der Waals surface area contributed by atoms with Gasteiger partial charge in [0.25, 0.3) is 0 Å². The molecule has 0 atom stereocenters. The number of imidazole rings is 1. The van der Waals surface area contributed by atoms with Gasteiger partial charge in [-0.2, -0.15) is 0 Å². The third-order valence-electron chi connectivity index (χ3n) is 3.23. The van der Waals surface area contributed by atoms with E-state index in [9.17, 15) is 0 Å². The SMILES string of the molecule is CCCCOCCn1cnc2c1CCCC2. The third kappa shape index (κ3) is 2.85. The van der Waals surface area contributed by atoms with Crippen molar-refractivity contribution in [3.05, 3.63) is 17.7 Å². The standard InChI is InChI=1S/C13H22N2O/c1-2-3-9-16-10-8-15-11-14-12-6-4-5-7-13(12)15/h11H,2-10H2,1H3. The monoisotopic (exact) mass is 222 g/mol. The minimum Gasteiger partial charge on any atom is -0.380 e. The first-order valence-electron chi connectivity index (χ1n) is 6.52. The molecule has 0 bridgehead atoms. The smallest absolute Gasteiger partial charge is 0.0952 e. The van der Waals surface area contributed by atoms with E-state index in [1.165, 1.54) is 49.9 Å². The largest absolute Gasteiger partial charge is 0.380 e. The van der Waals surface area contributed by atoms with Crippen LogP contribution in [0.15, 0.2) is 6.33 Å². The summed E-state index contributed by atoms with van der Waals surface area (Å²) in [6.07, 6.45) is 9.34. The minimum atomic E-state index is 0.822. The van der Waals surface area contributed by atoms with E-state index < -0.39 is 0 Å². The van der Waals surface area contributed by atoms with Crippen molar-refractivity contribution in [2.45, 2.75) is 52.0 Å². The van der Waals surface area contributed by atoms with Crippen molar-refractivity contribution < 1.29 is 4.74 Å². The highest BCUT2D eigenvalue weighted by Crippen LogP contribution is 2.19. The Labute approximate surface area is 97.8 Å². The number of unbranched alkanes of at least 4 members (excludes halogenated alkanes) is 1. The molecule has 0 saturated carbocycles. The van der Waals surface area contributed by atoms with Crippen molar-refractivity contribution in [3.63, 3.8) is 0 Å². The normalized spacial score (nSPS) is 15.1. The summed E-state index contributed by atoms with van der Waals surface area (Å²) in [5, 5.41) is 0. The fraction of sp³-hybridized carbons (Fsp3) is 0.769. The highest BCUT2D eigenvalue weighted by Gasteiger charge is 2.14. The van der Waals surface area contributed by atoms with Gasteiger partial charge in [0.2, 0.25) is 0 Å². The Morgan fingerprint density at radius 3 is 3.06 bits per heavy atom. The van der Waals surface area contributed by atoms with Gasteiger partial charge < -0.3 is 9.30 Å². The van der Waals surface area contributed by atoms with E-state index in [1.807, 2.05) is 6.33 Å². The van der Waals surface area contributed by atoms with Crippen molar-refractivity contribution >= 4 is 0 Å². The molecule has 1 heterocycles. The number of rotatable bonds is 6. The van der Waals surface area contributed by atoms with Gasteiger partial charge in [-0.15, -0.1) is 0 Å². The maximum atomic E-state index is 5.59. The highest BCUT2D eigenvalue weighted by molar-refractivity contribution is 5.16. The molecule has 1 aliphatic rings. The summed E-state index contributed by atoms with van der Waals surface area (Å²) in [6.45, 7) is 4.87. The quantitative estimate of drug-likeness (QED) is 0.692. The molecule has 2 rings (SSSR count). The maximum absolute atomic E-state index is 5.59. The maximum Gasteiger partial charge on any atom is 0.0952 e. The van der Waals surface area contributed by atoms with E-state index in [2.05, 4.69) is 16.5 Å². The van der Waals surface area contributed by atoms with Crippen LogP contribution in [0.25, 0.3) is 0 Å². The van der Waals surface area contributed by atoms with Gasteiger partial charge in [0, 0.05) is 18.8 Å². The Bertz CT molecular complexity index is 320. The van der Waals surface area contributed by atoms with Gasteiger partial charge in [-0.25, -0.2) is 4.98 Å². The molecule has 16 heavy (non-hydrogen) atoms. The fourth-order valence-corrected chi connectivity index (χ4v) is 2.24. The van der Waals surface area contributed by atoms with Gasteiger partial charge in [-0.1, -0.05) is 13.3 Å². The highest BCUT2D eigenvalue weighted by atomic mass is 16.5. The number of fused-ring (bicyclic) bond motifs is 1. The number of ether oxygens (including phenoxy) is 1. The zero-order chi connectivity index (χ0) is 11.2. The Morgan fingerprint density at radius 2 is 2.19 bits per heavy atom. The van der Waals surface area contributed by atoms with Crippen LogP contribution in [0, 0.1) is 0 Å². The average Bonchev–Trinajstić information content (AvgIpc) is 2.73. The Hall–Kier alpha value is -0.830. The number of hydrogen-bond acceptors (Lipinski definition) is 2. The average molecular weight is 222 g/mol. The molecule has 3 nitrogen and oxygen atoms in total. The molecule has 0 unspecified atom stereocenters. The van der Waals surface area contributed by atoms with Gasteiger partial charge in [0.1, 0.15) is 0 Å². The number of hydrogen-bond donors (Lipinski definition) is 0. The molecule has 0 saturated heterocycles. The summed E-state index contributed by atoms with van der Waals surface area (Å²) < 4.78 is 7.87. The fourth-order valence-electron chi connectivity index (χ4n) is 2.24. The van der Waals surface area contributed by atoms with E-state index in [-0.39, 0.29) is 0 Å². The van der Waals surface area contributed by atoms with E-state index in [1.54, 1.807) is 0 Å². The lowest BCUT2D eigenvalue weighted by molar-refractivity contribution is 0.123. The Kier molecular flexibility index (Phi) is 4.40. The van der Waals surface area contributed by atoms with Crippen LogP contribution in [-0.2, 0) is 24.1 Å². The van der Waals surface area contributed by atoms with E-state index in [4.69, 9.17) is 4.74 Å². The summed E-state index contributed by atoms with van der Waals surface area (Å²) in [5.41, 5.74) is 2.77. The van der Waals surface area contributed by atoms with Crippen LogP contribution in [0.5, 0.6) is 0 Å². The van der Waals surface area contributed by atoms with E-state index >= 15 is 0 Å². The molecule has 0 aliphatic heterocycles. The second-order valence-electron chi connectivity index (χ2n) is 4.50. The van der Waals surface area contributed by atoms with E-state index in [0.717, 1.165) is 19.8 Å². The van der Waals surface area contributed by atoms with Crippen LogP contribution in [0.4, 0.5) is 0 Å². The lowest BCUT2D eigenvalue weighted by atomic mass is 10.0. The van der Waals surface area contributed by atoms with Crippen molar-refractivity contribution in [2.24, 2.45) is 0 Å². The molecule has 0 amide bonds. The Balaban J connectivity index is 1.78. The van der Waals surface area contributed by atoms with Crippen molar-refractivity contribution in [1.29, 1.82) is 0 Å². The molecule has 1 aromatic heterocycles. The van der Waals surface area contributed by atoms with Crippen LogP contribution in [0.2, 0.25) is 0 Å². The Morgan fingerprint density at radius 1 is 1.31 bits per heavy atom. The molecule has 1 aromatic rings. The number of nitrogens with zero attached hydrogens (tertiary/aromatic N) is 2. The molecular weight excluding hydrogens is 200 g/mol. The van der Waals surface area contributed by atoms with E-state index in [0.29, 0.717) is 0 Å².